The molecule has 2 aliphatic rings. The Morgan fingerprint density at radius 2 is 2.06 bits per heavy atom. The lowest BCUT2D eigenvalue weighted by Crippen LogP contribution is -2.44. The standard InChI is InChI=1S/C14H25N3/c1-3-12-5-8-17(9-6-12)13-4-7-14(10-13,11-15)16-2/h12-13,16H,3-10H2,1-2H3. The second-order valence-corrected chi connectivity index (χ2v) is 5.73. The molecule has 0 amide bonds. The molecule has 0 radical (unpaired) electrons. The molecule has 2 atom stereocenters. The topological polar surface area (TPSA) is 39.1 Å². The van der Waals surface area contributed by atoms with Gasteiger partial charge in [0.25, 0.3) is 0 Å². The van der Waals surface area contributed by atoms with Gasteiger partial charge in [-0.15, -0.1) is 0 Å². The molecule has 0 aromatic heterocycles. The van der Waals surface area contributed by atoms with E-state index in [1.807, 2.05) is 7.05 Å². The molecule has 1 aliphatic carbocycles. The van der Waals surface area contributed by atoms with Crippen LogP contribution >= 0.6 is 0 Å². The number of hydrogen-bond donors (Lipinski definition) is 1. The SMILES string of the molecule is CCC1CCN(C2CCC(C#N)(NC)C2)CC1. The van der Waals surface area contributed by atoms with Gasteiger partial charge in [-0.05, 0) is 58.2 Å². The van der Waals surface area contributed by atoms with Crippen LogP contribution in [0.2, 0.25) is 0 Å². The molecule has 0 aromatic rings. The first kappa shape index (κ1) is 12.9. The van der Waals surface area contributed by atoms with Gasteiger partial charge in [-0.1, -0.05) is 13.3 Å². The van der Waals surface area contributed by atoms with Gasteiger partial charge in [0, 0.05) is 6.04 Å². The molecule has 96 valence electrons. The van der Waals surface area contributed by atoms with Crippen LogP contribution < -0.4 is 5.32 Å². The molecule has 1 heterocycles. The number of piperidine rings is 1. The smallest absolute Gasteiger partial charge is 0.108 e. The summed E-state index contributed by atoms with van der Waals surface area (Å²) in [4.78, 5) is 2.63. The molecular formula is C14H25N3. The maximum atomic E-state index is 9.28. The minimum Gasteiger partial charge on any atom is -0.302 e. The van der Waals surface area contributed by atoms with E-state index in [0.29, 0.717) is 6.04 Å². The second-order valence-electron chi connectivity index (χ2n) is 5.73. The third-order valence-corrected chi connectivity index (χ3v) is 4.92. The highest BCUT2D eigenvalue weighted by Crippen LogP contribution is 2.34. The maximum absolute atomic E-state index is 9.28. The van der Waals surface area contributed by atoms with E-state index in [1.54, 1.807) is 0 Å². The van der Waals surface area contributed by atoms with Crippen molar-refractivity contribution in [1.82, 2.24) is 10.2 Å². The highest BCUT2D eigenvalue weighted by molar-refractivity contribution is 5.13. The number of nitrogens with zero attached hydrogens (tertiary/aromatic N) is 2. The van der Waals surface area contributed by atoms with Crippen molar-refractivity contribution < 1.29 is 0 Å². The van der Waals surface area contributed by atoms with Gasteiger partial charge in [-0.3, -0.25) is 0 Å². The number of nitriles is 1. The van der Waals surface area contributed by atoms with Crippen molar-refractivity contribution in [2.75, 3.05) is 20.1 Å². The Bertz CT molecular complexity index is 288. The van der Waals surface area contributed by atoms with Crippen LogP contribution in [0.25, 0.3) is 0 Å². The van der Waals surface area contributed by atoms with Crippen molar-refractivity contribution in [3.63, 3.8) is 0 Å². The summed E-state index contributed by atoms with van der Waals surface area (Å²) in [5, 5.41) is 12.5. The number of hydrogen-bond acceptors (Lipinski definition) is 3. The van der Waals surface area contributed by atoms with Crippen molar-refractivity contribution >= 4 is 0 Å². The molecule has 2 fully saturated rings. The molecule has 1 saturated carbocycles. The van der Waals surface area contributed by atoms with E-state index < -0.39 is 0 Å². The number of likely N-dealkylation sites (tertiary alicyclic amines) is 1. The predicted molar refractivity (Wildman–Crippen MR) is 69.6 cm³/mol. The molecule has 2 rings (SSSR count). The largest absolute Gasteiger partial charge is 0.302 e. The Hall–Kier alpha value is -0.590. The van der Waals surface area contributed by atoms with E-state index in [9.17, 15) is 5.26 Å². The Balaban J connectivity index is 1.88. The Kier molecular flexibility index (Phi) is 4.06. The van der Waals surface area contributed by atoms with Gasteiger partial charge < -0.3 is 10.2 Å². The summed E-state index contributed by atoms with van der Waals surface area (Å²) in [6.45, 7) is 4.79. The fraction of sp³-hybridized carbons (Fsp3) is 0.929. The average Bonchev–Trinajstić information content (AvgIpc) is 2.84. The summed E-state index contributed by atoms with van der Waals surface area (Å²) in [5.74, 6) is 0.942. The van der Waals surface area contributed by atoms with Gasteiger partial charge in [0.05, 0.1) is 6.07 Å². The highest BCUT2D eigenvalue weighted by Gasteiger charge is 2.40. The zero-order valence-corrected chi connectivity index (χ0v) is 11.2. The van der Waals surface area contributed by atoms with Gasteiger partial charge in [-0.25, -0.2) is 0 Å². The van der Waals surface area contributed by atoms with Crippen LogP contribution in [0.15, 0.2) is 0 Å². The van der Waals surface area contributed by atoms with Crippen molar-refractivity contribution in [1.29, 1.82) is 5.26 Å². The van der Waals surface area contributed by atoms with Crippen LogP contribution in [0.3, 0.4) is 0 Å². The van der Waals surface area contributed by atoms with Gasteiger partial charge in [0.1, 0.15) is 5.54 Å². The van der Waals surface area contributed by atoms with Crippen molar-refractivity contribution in [3.8, 4) is 6.07 Å². The first-order valence-corrected chi connectivity index (χ1v) is 7.07. The highest BCUT2D eigenvalue weighted by atomic mass is 15.2. The van der Waals surface area contributed by atoms with E-state index >= 15 is 0 Å². The summed E-state index contributed by atoms with van der Waals surface area (Å²) in [5.41, 5.74) is -0.244. The zero-order valence-electron chi connectivity index (χ0n) is 11.2. The first-order valence-electron chi connectivity index (χ1n) is 7.07. The van der Waals surface area contributed by atoms with Crippen molar-refractivity contribution in [2.24, 2.45) is 5.92 Å². The predicted octanol–water partition coefficient (Wildman–Crippen LogP) is 2.14. The summed E-state index contributed by atoms with van der Waals surface area (Å²) in [7, 11) is 1.93. The van der Waals surface area contributed by atoms with E-state index in [0.717, 1.165) is 18.8 Å². The molecule has 3 nitrogen and oxygen atoms in total. The summed E-state index contributed by atoms with van der Waals surface area (Å²) >= 11 is 0. The van der Waals surface area contributed by atoms with Crippen LogP contribution in [0, 0.1) is 17.2 Å². The lowest BCUT2D eigenvalue weighted by atomic mass is 9.93. The number of nitrogens with one attached hydrogen (secondary N) is 1. The third-order valence-electron chi connectivity index (χ3n) is 4.92. The summed E-state index contributed by atoms with van der Waals surface area (Å²) in [6, 6.07) is 3.12. The van der Waals surface area contributed by atoms with Gasteiger partial charge >= 0.3 is 0 Å². The Morgan fingerprint density at radius 3 is 2.53 bits per heavy atom. The summed E-state index contributed by atoms with van der Waals surface area (Å²) < 4.78 is 0. The minimum atomic E-state index is -0.244. The lowest BCUT2D eigenvalue weighted by Gasteiger charge is -2.36. The van der Waals surface area contributed by atoms with Crippen LogP contribution in [0.5, 0.6) is 0 Å². The monoisotopic (exact) mass is 235 g/mol. The molecule has 3 heteroatoms. The molecule has 0 spiro atoms. The van der Waals surface area contributed by atoms with E-state index in [2.05, 4.69) is 23.2 Å². The van der Waals surface area contributed by atoms with Crippen LogP contribution in [0.1, 0.15) is 45.4 Å². The maximum Gasteiger partial charge on any atom is 0.108 e. The van der Waals surface area contributed by atoms with Crippen LogP contribution in [-0.2, 0) is 0 Å². The average molecular weight is 235 g/mol. The fourth-order valence-corrected chi connectivity index (χ4v) is 3.44. The van der Waals surface area contributed by atoms with Gasteiger partial charge in [-0.2, -0.15) is 5.26 Å². The third kappa shape index (κ3) is 2.64. The van der Waals surface area contributed by atoms with Gasteiger partial charge in [0.15, 0.2) is 0 Å². The van der Waals surface area contributed by atoms with E-state index in [-0.39, 0.29) is 5.54 Å². The molecule has 1 aliphatic heterocycles. The molecule has 0 bridgehead atoms. The number of rotatable bonds is 3. The van der Waals surface area contributed by atoms with Crippen LogP contribution in [0.4, 0.5) is 0 Å². The Morgan fingerprint density at radius 1 is 1.35 bits per heavy atom. The van der Waals surface area contributed by atoms with Gasteiger partial charge in [0.2, 0.25) is 0 Å². The molecule has 2 unspecified atom stereocenters. The van der Waals surface area contributed by atoms with E-state index in [4.69, 9.17) is 0 Å². The zero-order chi connectivity index (χ0) is 12.3. The Labute approximate surface area is 105 Å². The van der Waals surface area contributed by atoms with Crippen LogP contribution in [-0.4, -0.2) is 36.6 Å². The normalized spacial score (nSPS) is 35.9. The molecular weight excluding hydrogens is 210 g/mol. The minimum absolute atomic E-state index is 0.244. The van der Waals surface area contributed by atoms with E-state index in [1.165, 1.54) is 38.8 Å². The quantitative estimate of drug-likeness (QED) is 0.814. The fourth-order valence-electron chi connectivity index (χ4n) is 3.44. The molecule has 0 aromatic carbocycles. The lowest BCUT2D eigenvalue weighted by molar-refractivity contribution is 0.129. The van der Waals surface area contributed by atoms with Crippen molar-refractivity contribution in [3.05, 3.63) is 0 Å². The summed E-state index contributed by atoms with van der Waals surface area (Å²) in [6.07, 6.45) is 7.25. The second kappa shape index (κ2) is 5.37. The molecule has 1 N–H and O–H groups in total. The first-order chi connectivity index (χ1) is 8.23. The van der Waals surface area contributed by atoms with Crippen molar-refractivity contribution in [2.45, 2.75) is 57.0 Å². The molecule has 17 heavy (non-hydrogen) atoms. The molecule has 1 saturated heterocycles.